The molecule has 0 spiro atoms. The summed E-state index contributed by atoms with van der Waals surface area (Å²) in [6.07, 6.45) is 7.17. The number of nitrogens with zero attached hydrogens (tertiary/aromatic N) is 3. The lowest BCUT2D eigenvalue weighted by molar-refractivity contribution is 0.568. The lowest BCUT2D eigenvalue weighted by Gasteiger charge is -2.27. The number of pyridine rings is 2. The number of hydrogen-bond donors (Lipinski definition) is 1. The highest BCUT2D eigenvalue weighted by Crippen LogP contribution is 2.37. The van der Waals surface area contributed by atoms with E-state index in [1.54, 1.807) is 24.5 Å². The predicted octanol–water partition coefficient (Wildman–Crippen LogP) is 2.50. The Labute approximate surface area is 143 Å². The first-order valence-corrected chi connectivity index (χ1v) is 9.61. The average Bonchev–Trinajstić information content (AvgIpc) is 3.04. The van der Waals surface area contributed by atoms with Gasteiger partial charge in [0.25, 0.3) is 0 Å². The summed E-state index contributed by atoms with van der Waals surface area (Å²) in [4.78, 5) is 10.9. The Morgan fingerprint density at radius 1 is 1.25 bits per heavy atom. The Kier molecular flexibility index (Phi) is 4.82. The standard InChI is InChI=1S/C17H22N4O2S/c1-13(2)20-24(22,23)16-8-4-10-19-17(16)21-11-5-7-15(21)14-6-3-9-18-12-14/h3-4,6,8-10,12-13,15,20H,5,7,11H2,1-2H3. The molecule has 1 aliphatic rings. The molecule has 128 valence electrons. The van der Waals surface area contributed by atoms with Crippen molar-refractivity contribution >= 4 is 15.8 Å². The molecule has 0 aliphatic carbocycles. The molecule has 24 heavy (non-hydrogen) atoms. The van der Waals surface area contributed by atoms with Gasteiger partial charge in [0.15, 0.2) is 0 Å². The Hall–Kier alpha value is -1.99. The summed E-state index contributed by atoms with van der Waals surface area (Å²) in [7, 11) is -3.60. The molecule has 2 aromatic heterocycles. The zero-order valence-electron chi connectivity index (χ0n) is 13.9. The van der Waals surface area contributed by atoms with E-state index in [4.69, 9.17) is 0 Å². The molecule has 0 aromatic carbocycles. The topological polar surface area (TPSA) is 75.2 Å². The van der Waals surface area contributed by atoms with Gasteiger partial charge in [-0.15, -0.1) is 0 Å². The van der Waals surface area contributed by atoms with Gasteiger partial charge in [-0.2, -0.15) is 0 Å². The summed E-state index contributed by atoms with van der Waals surface area (Å²) in [6, 6.07) is 7.14. The maximum atomic E-state index is 12.7. The molecule has 0 bridgehead atoms. The van der Waals surface area contributed by atoms with Gasteiger partial charge in [-0.1, -0.05) is 6.07 Å². The molecule has 3 rings (SSSR count). The molecule has 1 aliphatic heterocycles. The summed E-state index contributed by atoms with van der Waals surface area (Å²) in [5, 5.41) is 0. The molecule has 1 unspecified atom stereocenters. The molecule has 0 radical (unpaired) electrons. The molecular weight excluding hydrogens is 324 g/mol. The summed E-state index contributed by atoms with van der Waals surface area (Å²) >= 11 is 0. The highest BCUT2D eigenvalue weighted by Gasteiger charge is 2.32. The minimum atomic E-state index is -3.60. The number of nitrogens with one attached hydrogen (secondary N) is 1. The smallest absolute Gasteiger partial charge is 0.244 e. The van der Waals surface area contributed by atoms with E-state index in [1.165, 1.54) is 0 Å². The zero-order chi connectivity index (χ0) is 17.2. The monoisotopic (exact) mass is 346 g/mol. The Balaban J connectivity index is 2.01. The molecule has 6 nitrogen and oxygen atoms in total. The van der Waals surface area contributed by atoms with Crippen molar-refractivity contribution in [2.75, 3.05) is 11.4 Å². The van der Waals surface area contributed by atoms with Crippen molar-refractivity contribution < 1.29 is 8.42 Å². The van der Waals surface area contributed by atoms with Crippen LogP contribution < -0.4 is 9.62 Å². The van der Waals surface area contributed by atoms with Gasteiger partial charge in [-0.25, -0.2) is 18.1 Å². The van der Waals surface area contributed by atoms with E-state index in [2.05, 4.69) is 19.6 Å². The van der Waals surface area contributed by atoms with Crippen molar-refractivity contribution in [3.8, 4) is 0 Å². The molecule has 1 atom stereocenters. The highest BCUT2D eigenvalue weighted by atomic mass is 32.2. The van der Waals surface area contributed by atoms with Crippen LogP contribution >= 0.6 is 0 Å². The first-order chi connectivity index (χ1) is 11.5. The van der Waals surface area contributed by atoms with E-state index >= 15 is 0 Å². The highest BCUT2D eigenvalue weighted by molar-refractivity contribution is 7.89. The summed E-state index contributed by atoms with van der Waals surface area (Å²) in [6.45, 7) is 4.39. The first kappa shape index (κ1) is 16.9. The SMILES string of the molecule is CC(C)NS(=O)(=O)c1cccnc1N1CCCC1c1cccnc1. The van der Waals surface area contributed by atoms with E-state index in [0.29, 0.717) is 5.82 Å². The van der Waals surface area contributed by atoms with Crippen LogP contribution in [0.5, 0.6) is 0 Å². The third-order valence-corrected chi connectivity index (χ3v) is 5.70. The van der Waals surface area contributed by atoms with Gasteiger partial charge < -0.3 is 4.90 Å². The molecule has 1 N–H and O–H groups in total. The second-order valence-electron chi connectivity index (χ2n) is 6.24. The van der Waals surface area contributed by atoms with Gasteiger partial charge >= 0.3 is 0 Å². The molecule has 0 amide bonds. The maximum absolute atomic E-state index is 12.7. The lowest BCUT2D eigenvalue weighted by Crippen LogP contribution is -2.33. The van der Waals surface area contributed by atoms with Crippen LogP contribution in [0.4, 0.5) is 5.82 Å². The number of rotatable bonds is 5. The van der Waals surface area contributed by atoms with Crippen molar-refractivity contribution in [2.45, 2.75) is 43.7 Å². The van der Waals surface area contributed by atoms with Crippen LogP contribution in [0, 0.1) is 0 Å². The fourth-order valence-corrected chi connectivity index (χ4v) is 4.54. The van der Waals surface area contributed by atoms with Crippen LogP contribution in [-0.4, -0.2) is 31.0 Å². The van der Waals surface area contributed by atoms with E-state index in [1.807, 2.05) is 32.2 Å². The second-order valence-corrected chi connectivity index (χ2v) is 7.92. The van der Waals surface area contributed by atoms with Crippen LogP contribution in [0.1, 0.15) is 38.3 Å². The number of sulfonamides is 1. The number of aromatic nitrogens is 2. The number of anilines is 1. The normalized spacial score (nSPS) is 18.3. The van der Waals surface area contributed by atoms with E-state index in [0.717, 1.165) is 24.9 Å². The molecule has 1 saturated heterocycles. The summed E-state index contributed by atoms with van der Waals surface area (Å²) in [5.74, 6) is 0.511. The van der Waals surface area contributed by atoms with Crippen LogP contribution in [0.3, 0.4) is 0 Å². The van der Waals surface area contributed by atoms with Crippen molar-refractivity contribution in [2.24, 2.45) is 0 Å². The van der Waals surface area contributed by atoms with Crippen LogP contribution in [-0.2, 0) is 10.0 Å². The molecule has 0 saturated carbocycles. The lowest BCUT2D eigenvalue weighted by atomic mass is 10.1. The van der Waals surface area contributed by atoms with Gasteiger partial charge in [0.05, 0.1) is 6.04 Å². The molecular formula is C17H22N4O2S. The van der Waals surface area contributed by atoms with Gasteiger partial charge in [-0.3, -0.25) is 4.98 Å². The third-order valence-electron chi connectivity index (χ3n) is 4.03. The number of hydrogen-bond acceptors (Lipinski definition) is 5. The van der Waals surface area contributed by atoms with E-state index in [9.17, 15) is 8.42 Å². The summed E-state index contributed by atoms with van der Waals surface area (Å²) in [5.41, 5.74) is 1.08. The largest absolute Gasteiger partial charge is 0.348 e. The fourth-order valence-electron chi connectivity index (χ4n) is 3.12. The van der Waals surface area contributed by atoms with E-state index < -0.39 is 10.0 Å². The fraction of sp³-hybridized carbons (Fsp3) is 0.412. The van der Waals surface area contributed by atoms with Crippen molar-refractivity contribution in [3.63, 3.8) is 0 Å². The Morgan fingerprint density at radius 3 is 2.75 bits per heavy atom. The van der Waals surface area contributed by atoms with Gasteiger partial charge in [-0.05, 0) is 50.5 Å². The molecule has 2 aromatic rings. The Morgan fingerprint density at radius 2 is 2.04 bits per heavy atom. The minimum Gasteiger partial charge on any atom is -0.348 e. The average molecular weight is 346 g/mol. The van der Waals surface area contributed by atoms with Gasteiger partial charge in [0.2, 0.25) is 10.0 Å². The van der Waals surface area contributed by atoms with Crippen LogP contribution in [0.2, 0.25) is 0 Å². The third kappa shape index (κ3) is 3.42. The van der Waals surface area contributed by atoms with Crippen LogP contribution in [0.15, 0.2) is 47.8 Å². The Bertz CT molecular complexity index is 793. The van der Waals surface area contributed by atoms with Gasteiger partial charge in [0.1, 0.15) is 10.7 Å². The van der Waals surface area contributed by atoms with Crippen LogP contribution in [0.25, 0.3) is 0 Å². The predicted molar refractivity (Wildman–Crippen MR) is 93.3 cm³/mol. The molecule has 7 heteroatoms. The zero-order valence-corrected chi connectivity index (χ0v) is 14.7. The second kappa shape index (κ2) is 6.86. The van der Waals surface area contributed by atoms with Crippen molar-refractivity contribution in [1.82, 2.24) is 14.7 Å². The first-order valence-electron chi connectivity index (χ1n) is 8.13. The quantitative estimate of drug-likeness (QED) is 0.900. The van der Waals surface area contributed by atoms with Crippen molar-refractivity contribution in [1.29, 1.82) is 0 Å². The minimum absolute atomic E-state index is 0.0987. The molecule has 3 heterocycles. The summed E-state index contributed by atoms with van der Waals surface area (Å²) < 4.78 is 28.0. The maximum Gasteiger partial charge on any atom is 0.244 e. The van der Waals surface area contributed by atoms with E-state index in [-0.39, 0.29) is 17.0 Å². The molecule has 1 fully saturated rings. The van der Waals surface area contributed by atoms with Gasteiger partial charge in [0, 0.05) is 31.2 Å². The van der Waals surface area contributed by atoms with Crippen molar-refractivity contribution in [3.05, 3.63) is 48.4 Å².